The second-order valence-electron chi connectivity index (χ2n) is 6.28. The van der Waals surface area contributed by atoms with Gasteiger partial charge in [-0.3, -0.25) is 10.1 Å². The molecule has 122 valence electrons. The molecule has 0 atom stereocenters. The molecule has 4 rings (SSSR count). The highest BCUT2D eigenvalue weighted by Gasteiger charge is 2.15. The third kappa shape index (κ3) is 2.82. The van der Waals surface area contributed by atoms with Crippen molar-refractivity contribution in [2.75, 3.05) is 5.32 Å². The average molecular weight is 336 g/mol. The van der Waals surface area contributed by atoms with Crippen molar-refractivity contribution in [2.24, 2.45) is 0 Å². The van der Waals surface area contributed by atoms with Crippen molar-refractivity contribution in [1.29, 1.82) is 0 Å². The third-order valence-electron chi connectivity index (χ3n) is 4.71. The molecule has 24 heavy (non-hydrogen) atoms. The number of benzene rings is 2. The number of para-hydroxylation sites is 1. The molecule has 1 N–H and O–H groups in total. The fourth-order valence-electron chi connectivity index (χ4n) is 3.39. The fraction of sp³-hybridized carbons (Fsp3) is 0.300. The number of amides is 1. The van der Waals surface area contributed by atoms with Gasteiger partial charge in [0.1, 0.15) is 0 Å². The molecule has 0 saturated carbocycles. The normalized spacial score (nSPS) is 13.7. The molecule has 0 unspecified atom stereocenters. The van der Waals surface area contributed by atoms with Gasteiger partial charge < -0.3 is 0 Å². The van der Waals surface area contributed by atoms with Gasteiger partial charge >= 0.3 is 0 Å². The lowest BCUT2D eigenvalue weighted by Crippen LogP contribution is -2.13. The van der Waals surface area contributed by atoms with Gasteiger partial charge in [0.05, 0.1) is 10.2 Å². The zero-order valence-corrected chi connectivity index (χ0v) is 14.6. The Morgan fingerprint density at radius 1 is 1.17 bits per heavy atom. The first-order valence-electron chi connectivity index (χ1n) is 8.56. The van der Waals surface area contributed by atoms with E-state index in [-0.39, 0.29) is 5.91 Å². The van der Waals surface area contributed by atoms with Crippen molar-refractivity contribution in [3.8, 4) is 0 Å². The molecule has 1 heterocycles. The molecule has 0 spiro atoms. The van der Waals surface area contributed by atoms with Gasteiger partial charge in [0.15, 0.2) is 5.13 Å². The van der Waals surface area contributed by atoms with Crippen LogP contribution in [0.25, 0.3) is 10.2 Å². The molecule has 3 nitrogen and oxygen atoms in total. The highest BCUT2D eigenvalue weighted by molar-refractivity contribution is 7.22. The van der Waals surface area contributed by atoms with Crippen LogP contribution in [0, 0.1) is 0 Å². The predicted molar refractivity (Wildman–Crippen MR) is 100 cm³/mol. The Bertz CT molecular complexity index is 913. The van der Waals surface area contributed by atoms with Crippen LogP contribution in [0.2, 0.25) is 0 Å². The summed E-state index contributed by atoms with van der Waals surface area (Å²) < 4.78 is 1.12. The summed E-state index contributed by atoms with van der Waals surface area (Å²) in [5.41, 5.74) is 5.67. The van der Waals surface area contributed by atoms with Crippen LogP contribution in [0.15, 0.2) is 36.4 Å². The molecule has 0 aliphatic heterocycles. The van der Waals surface area contributed by atoms with Crippen LogP contribution in [0.4, 0.5) is 5.13 Å². The van der Waals surface area contributed by atoms with Crippen LogP contribution in [0.3, 0.4) is 0 Å². The molecule has 1 amide bonds. The van der Waals surface area contributed by atoms with E-state index in [2.05, 4.69) is 47.6 Å². The molecule has 0 radical (unpaired) electrons. The summed E-state index contributed by atoms with van der Waals surface area (Å²) in [4.78, 5) is 17.2. The van der Waals surface area contributed by atoms with Crippen LogP contribution in [-0.2, 0) is 19.3 Å². The second kappa shape index (κ2) is 6.36. The third-order valence-corrected chi connectivity index (χ3v) is 5.65. The number of hydrogen-bond donors (Lipinski definition) is 1. The first-order valence-corrected chi connectivity index (χ1v) is 9.38. The van der Waals surface area contributed by atoms with Crippen molar-refractivity contribution < 1.29 is 4.79 Å². The maximum atomic E-state index is 12.6. The number of fused-ring (bicyclic) bond motifs is 2. The molecule has 3 aromatic rings. The van der Waals surface area contributed by atoms with Gasteiger partial charge in [-0.2, -0.15) is 0 Å². The van der Waals surface area contributed by atoms with Gasteiger partial charge in [0.2, 0.25) is 0 Å². The summed E-state index contributed by atoms with van der Waals surface area (Å²) in [7, 11) is 0. The van der Waals surface area contributed by atoms with Gasteiger partial charge in [-0.25, -0.2) is 4.98 Å². The molecular weight excluding hydrogens is 316 g/mol. The van der Waals surface area contributed by atoms with E-state index in [0.717, 1.165) is 35.0 Å². The summed E-state index contributed by atoms with van der Waals surface area (Å²) in [6.45, 7) is 2.12. The summed E-state index contributed by atoms with van der Waals surface area (Å²) in [5, 5.41) is 3.65. The van der Waals surface area contributed by atoms with E-state index in [1.165, 1.54) is 40.9 Å². The van der Waals surface area contributed by atoms with E-state index in [1.54, 1.807) is 0 Å². The SMILES string of the molecule is CCc1cccc2sc(NC(=O)c3ccc4c(c3)CCCC4)nc12. The van der Waals surface area contributed by atoms with Crippen LogP contribution in [-0.4, -0.2) is 10.9 Å². The molecule has 1 aliphatic rings. The molecule has 2 aromatic carbocycles. The van der Waals surface area contributed by atoms with Gasteiger partial charge in [-0.05, 0) is 67.0 Å². The minimum absolute atomic E-state index is 0.0690. The first kappa shape index (κ1) is 15.3. The highest BCUT2D eigenvalue weighted by atomic mass is 32.1. The molecule has 0 fully saturated rings. The van der Waals surface area contributed by atoms with Crippen molar-refractivity contribution >= 4 is 32.6 Å². The number of carbonyl (C=O) groups excluding carboxylic acids is 1. The number of thiazole rings is 1. The number of carbonyl (C=O) groups is 1. The molecular formula is C20H20N2OS. The topological polar surface area (TPSA) is 42.0 Å². The minimum Gasteiger partial charge on any atom is -0.298 e. The van der Waals surface area contributed by atoms with Crippen LogP contribution < -0.4 is 5.32 Å². The van der Waals surface area contributed by atoms with Crippen LogP contribution in [0.5, 0.6) is 0 Å². The van der Waals surface area contributed by atoms with E-state index < -0.39 is 0 Å². The Labute approximate surface area is 145 Å². The lowest BCUT2D eigenvalue weighted by atomic mass is 9.90. The first-order chi connectivity index (χ1) is 11.7. The average Bonchev–Trinajstić information content (AvgIpc) is 3.03. The summed E-state index contributed by atoms with van der Waals surface area (Å²) >= 11 is 1.54. The molecule has 1 aliphatic carbocycles. The number of rotatable bonds is 3. The molecule has 0 saturated heterocycles. The lowest BCUT2D eigenvalue weighted by molar-refractivity contribution is 0.102. The Morgan fingerprint density at radius 2 is 2.00 bits per heavy atom. The van der Waals surface area contributed by atoms with E-state index in [1.807, 2.05) is 6.07 Å². The largest absolute Gasteiger partial charge is 0.298 e. The van der Waals surface area contributed by atoms with E-state index >= 15 is 0 Å². The molecule has 1 aromatic heterocycles. The zero-order chi connectivity index (χ0) is 16.5. The van der Waals surface area contributed by atoms with Gasteiger partial charge in [-0.1, -0.05) is 36.5 Å². The summed E-state index contributed by atoms with van der Waals surface area (Å²) in [6, 6.07) is 12.3. The van der Waals surface area contributed by atoms with Gasteiger partial charge in [0.25, 0.3) is 5.91 Å². The van der Waals surface area contributed by atoms with Gasteiger partial charge in [0, 0.05) is 5.56 Å². The number of nitrogens with zero attached hydrogens (tertiary/aromatic N) is 1. The Morgan fingerprint density at radius 3 is 2.83 bits per heavy atom. The quantitative estimate of drug-likeness (QED) is 0.732. The Kier molecular flexibility index (Phi) is 4.07. The Hall–Kier alpha value is -2.20. The lowest BCUT2D eigenvalue weighted by Gasteiger charge is -2.16. The maximum absolute atomic E-state index is 12.6. The van der Waals surface area contributed by atoms with Crippen molar-refractivity contribution in [3.63, 3.8) is 0 Å². The zero-order valence-electron chi connectivity index (χ0n) is 13.8. The van der Waals surface area contributed by atoms with Crippen molar-refractivity contribution in [3.05, 3.63) is 58.7 Å². The number of anilines is 1. The van der Waals surface area contributed by atoms with Crippen molar-refractivity contribution in [2.45, 2.75) is 39.0 Å². The van der Waals surface area contributed by atoms with E-state index in [4.69, 9.17) is 0 Å². The minimum atomic E-state index is -0.0690. The fourth-order valence-corrected chi connectivity index (χ4v) is 4.30. The van der Waals surface area contributed by atoms with Gasteiger partial charge in [-0.15, -0.1) is 0 Å². The Balaban J connectivity index is 1.60. The van der Waals surface area contributed by atoms with E-state index in [9.17, 15) is 4.79 Å². The summed E-state index contributed by atoms with van der Waals surface area (Å²) in [6.07, 6.45) is 5.63. The smallest absolute Gasteiger partial charge is 0.257 e. The number of aryl methyl sites for hydroxylation is 3. The summed E-state index contributed by atoms with van der Waals surface area (Å²) in [5.74, 6) is -0.0690. The number of nitrogens with one attached hydrogen (secondary N) is 1. The predicted octanol–water partition coefficient (Wildman–Crippen LogP) is 4.99. The van der Waals surface area contributed by atoms with Crippen LogP contribution in [0.1, 0.15) is 46.8 Å². The highest BCUT2D eigenvalue weighted by Crippen LogP contribution is 2.29. The van der Waals surface area contributed by atoms with Crippen LogP contribution >= 0.6 is 11.3 Å². The van der Waals surface area contributed by atoms with Crippen molar-refractivity contribution in [1.82, 2.24) is 4.98 Å². The molecule has 4 heteroatoms. The second-order valence-corrected chi connectivity index (χ2v) is 7.31. The number of hydrogen-bond acceptors (Lipinski definition) is 3. The van der Waals surface area contributed by atoms with E-state index in [0.29, 0.717) is 5.13 Å². The monoisotopic (exact) mass is 336 g/mol. The maximum Gasteiger partial charge on any atom is 0.257 e. The molecule has 0 bridgehead atoms. The number of aromatic nitrogens is 1. The standard InChI is InChI=1S/C20H20N2OS/c1-2-13-8-5-9-17-18(13)21-20(24-17)22-19(23)16-11-10-14-6-3-4-7-15(14)12-16/h5,8-12H,2-4,6-7H2,1H3,(H,21,22,23).